The maximum Gasteiger partial charge on any atom is 0.191 e. The van der Waals surface area contributed by atoms with E-state index in [1.807, 2.05) is 31.2 Å². The fraction of sp³-hybridized carbons (Fsp3) is 0.682. The molecule has 1 saturated heterocycles. The van der Waals surface area contributed by atoms with Crippen LogP contribution in [0.4, 0.5) is 0 Å². The molecule has 0 bridgehead atoms. The molecule has 3 unspecified atom stereocenters. The number of methoxy groups -OCH3 is 1. The Morgan fingerprint density at radius 1 is 1.29 bits per heavy atom. The number of nitrogens with zero attached hydrogens (tertiary/aromatic N) is 1. The SMILES string of the molecule is CCNC(=NCC(O)c1ccc(OC)cc1)NCC1CCCOC1C(C)(C)C. The van der Waals surface area contributed by atoms with E-state index in [1.165, 1.54) is 0 Å². The van der Waals surface area contributed by atoms with Gasteiger partial charge in [-0.3, -0.25) is 4.99 Å². The summed E-state index contributed by atoms with van der Waals surface area (Å²) in [4.78, 5) is 4.58. The molecule has 3 atom stereocenters. The number of aliphatic hydroxyl groups is 1. The van der Waals surface area contributed by atoms with E-state index in [0.29, 0.717) is 12.5 Å². The molecule has 0 radical (unpaired) electrons. The molecule has 28 heavy (non-hydrogen) atoms. The second-order valence-corrected chi connectivity index (χ2v) is 8.45. The number of ether oxygens (including phenoxy) is 2. The van der Waals surface area contributed by atoms with Gasteiger partial charge in [-0.05, 0) is 42.9 Å². The highest BCUT2D eigenvalue weighted by molar-refractivity contribution is 5.79. The zero-order valence-electron chi connectivity index (χ0n) is 18.0. The van der Waals surface area contributed by atoms with Gasteiger partial charge >= 0.3 is 0 Å². The average Bonchev–Trinajstić information content (AvgIpc) is 2.69. The van der Waals surface area contributed by atoms with Crippen LogP contribution in [-0.2, 0) is 4.74 Å². The lowest BCUT2D eigenvalue weighted by Crippen LogP contribution is -2.47. The van der Waals surface area contributed by atoms with Gasteiger partial charge in [0.15, 0.2) is 5.96 Å². The minimum atomic E-state index is -0.651. The van der Waals surface area contributed by atoms with Gasteiger partial charge in [-0.25, -0.2) is 0 Å². The van der Waals surface area contributed by atoms with E-state index in [0.717, 1.165) is 49.8 Å². The highest BCUT2D eigenvalue weighted by Gasteiger charge is 2.35. The summed E-state index contributed by atoms with van der Waals surface area (Å²) in [6, 6.07) is 7.43. The molecule has 0 spiro atoms. The second kappa shape index (κ2) is 10.7. The lowest BCUT2D eigenvalue weighted by Gasteiger charge is -2.40. The normalized spacial score (nSPS) is 21.9. The molecular formula is C22H37N3O3. The first-order valence-electron chi connectivity index (χ1n) is 10.3. The van der Waals surface area contributed by atoms with Crippen LogP contribution in [0.2, 0.25) is 0 Å². The highest BCUT2D eigenvalue weighted by atomic mass is 16.5. The summed E-state index contributed by atoms with van der Waals surface area (Å²) in [5, 5.41) is 17.2. The van der Waals surface area contributed by atoms with Crippen LogP contribution in [0.1, 0.15) is 52.2 Å². The molecule has 1 heterocycles. The van der Waals surface area contributed by atoms with Crippen molar-refractivity contribution >= 4 is 5.96 Å². The minimum Gasteiger partial charge on any atom is -0.497 e. The van der Waals surface area contributed by atoms with E-state index >= 15 is 0 Å². The lowest BCUT2D eigenvalue weighted by molar-refractivity contribution is -0.0835. The third kappa shape index (κ3) is 6.67. The number of aliphatic hydroxyl groups excluding tert-OH is 1. The average molecular weight is 392 g/mol. The topological polar surface area (TPSA) is 75.1 Å². The molecule has 1 fully saturated rings. The van der Waals surface area contributed by atoms with Crippen molar-refractivity contribution < 1.29 is 14.6 Å². The van der Waals surface area contributed by atoms with Crippen LogP contribution in [-0.4, -0.2) is 50.5 Å². The molecule has 158 valence electrons. The fourth-order valence-corrected chi connectivity index (χ4v) is 3.69. The van der Waals surface area contributed by atoms with Gasteiger partial charge < -0.3 is 25.2 Å². The van der Waals surface area contributed by atoms with Crippen LogP contribution in [0, 0.1) is 11.3 Å². The van der Waals surface area contributed by atoms with E-state index in [-0.39, 0.29) is 11.5 Å². The van der Waals surface area contributed by atoms with Crippen LogP contribution in [0.3, 0.4) is 0 Å². The Hall–Kier alpha value is -1.79. The third-order valence-corrected chi connectivity index (χ3v) is 5.10. The predicted molar refractivity (Wildman–Crippen MR) is 114 cm³/mol. The summed E-state index contributed by atoms with van der Waals surface area (Å²) in [5.41, 5.74) is 0.946. The van der Waals surface area contributed by atoms with Crippen molar-refractivity contribution in [2.24, 2.45) is 16.3 Å². The third-order valence-electron chi connectivity index (χ3n) is 5.10. The van der Waals surface area contributed by atoms with Gasteiger partial charge in [0.05, 0.1) is 25.9 Å². The van der Waals surface area contributed by atoms with Crippen molar-refractivity contribution in [2.75, 3.05) is 33.4 Å². The van der Waals surface area contributed by atoms with Crippen molar-refractivity contribution in [3.63, 3.8) is 0 Å². The Labute approximate surface area is 169 Å². The molecule has 1 aromatic rings. The first kappa shape index (κ1) is 22.5. The lowest BCUT2D eigenvalue weighted by atomic mass is 9.78. The molecule has 0 amide bonds. The van der Waals surface area contributed by atoms with E-state index < -0.39 is 6.10 Å². The number of hydrogen-bond donors (Lipinski definition) is 3. The molecule has 0 aliphatic carbocycles. The van der Waals surface area contributed by atoms with Gasteiger partial charge in [-0.1, -0.05) is 32.9 Å². The van der Waals surface area contributed by atoms with Crippen molar-refractivity contribution in [3.05, 3.63) is 29.8 Å². The molecule has 2 rings (SSSR count). The Balaban J connectivity index is 1.95. The fourth-order valence-electron chi connectivity index (χ4n) is 3.69. The minimum absolute atomic E-state index is 0.118. The van der Waals surface area contributed by atoms with Crippen molar-refractivity contribution in [1.29, 1.82) is 0 Å². The highest BCUT2D eigenvalue weighted by Crippen LogP contribution is 2.33. The molecule has 1 aliphatic rings. The van der Waals surface area contributed by atoms with Crippen molar-refractivity contribution in [2.45, 2.75) is 52.7 Å². The van der Waals surface area contributed by atoms with Crippen LogP contribution in [0.25, 0.3) is 0 Å². The predicted octanol–water partition coefficient (Wildman–Crippen LogP) is 3.13. The zero-order chi connectivity index (χ0) is 20.6. The standard InChI is InChI=1S/C22H37N3O3/c1-6-23-21(24-14-17-8-7-13-28-20(17)22(2,3)4)25-15-19(26)16-9-11-18(27-5)12-10-16/h9-12,17,19-20,26H,6-8,13-15H2,1-5H3,(H2,23,24,25). The van der Waals surface area contributed by atoms with Crippen LogP contribution in [0.5, 0.6) is 5.75 Å². The number of rotatable bonds is 7. The first-order chi connectivity index (χ1) is 13.3. The van der Waals surface area contributed by atoms with Crippen LogP contribution < -0.4 is 15.4 Å². The van der Waals surface area contributed by atoms with Gasteiger partial charge in [0.25, 0.3) is 0 Å². The second-order valence-electron chi connectivity index (χ2n) is 8.45. The van der Waals surface area contributed by atoms with Crippen LogP contribution >= 0.6 is 0 Å². The summed E-state index contributed by atoms with van der Waals surface area (Å²) in [5.74, 6) is 1.95. The van der Waals surface area contributed by atoms with E-state index in [4.69, 9.17) is 9.47 Å². The Kier molecular flexibility index (Phi) is 8.58. The molecule has 3 N–H and O–H groups in total. The maximum atomic E-state index is 10.4. The molecule has 0 aromatic heterocycles. The van der Waals surface area contributed by atoms with E-state index in [9.17, 15) is 5.11 Å². The molecule has 6 nitrogen and oxygen atoms in total. The van der Waals surface area contributed by atoms with Gasteiger partial charge in [-0.2, -0.15) is 0 Å². The van der Waals surface area contributed by atoms with Gasteiger partial charge in [0.1, 0.15) is 5.75 Å². The summed E-state index contributed by atoms with van der Waals surface area (Å²) in [6.45, 7) is 11.5. The first-order valence-corrected chi connectivity index (χ1v) is 10.3. The number of hydrogen-bond acceptors (Lipinski definition) is 4. The molecular weight excluding hydrogens is 354 g/mol. The summed E-state index contributed by atoms with van der Waals surface area (Å²) in [6.07, 6.45) is 1.84. The molecule has 0 saturated carbocycles. The monoisotopic (exact) mass is 391 g/mol. The quantitative estimate of drug-likeness (QED) is 0.492. The Morgan fingerprint density at radius 3 is 2.61 bits per heavy atom. The summed E-state index contributed by atoms with van der Waals surface area (Å²) < 4.78 is 11.2. The smallest absolute Gasteiger partial charge is 0.191 e. The molecule has 1 aromatic carbocycles. The van der Waals surface area contributed by atoms with Gasteiger partial charge in [0.2, 0.25) is 0 Å². The Morgan fingerprint density at radius 2 is 2.00 bits per heavy atom. The van der Waals surface area contributed by atoms with Crippen molar-refractivity contribution in [1.82, 2.24) is 10.6 Å². The zero-order valence-corrected chi connectivity index (χ0v) is 18.0. The van der Waals surface area contributed by atoms with Gasteiger partial charge in [0, 0.05) is 25.6 Å². The molecule has 6 heteroatoms. The summed E-state index contributed by atoms with van der Waals surface area (Å²) in [7, 11) is 1.63. The van der Waals surface area contributed by atoms with Gasteiger partial charge in [-0.15, -0.1) is 0 Å². The van der Waals surface area contributed by atoms with E-state index in [1.54, 1.807) is 7.11 Å². The van der Waals surface area contributed by atoms with Crippen molar-refractivity contribution in [3.8, 4) is 5.75 Å². The Bertz CT molecular complexity index is 610. The molecule has 1 aliphatic heterocycles. The maximum absolute atomic E-state index is 10.4. The number of aliphatic imine (C=N–C) groups is 1. The number of guanidine groups is 1. The number of nitrogens with one attached hydrogen (secondary N) is 2. The van der Waals surface area contributed by atoms with E-state index in [2.05, 4.69) is 36.4 Å². The summed E-state index contributed by atoms with van der Waals surface area (Å²) >= 11 is 0. The van der Waals surface area contributed by atoms with Crippen LogP contribution in [0.15, 0.2) is 29.3 Å². The largest absolute Gasteiger partial charge is 0.497 e. The number of benzene rings is 1.